The Balaban J connectivity index is 1.62. The summed E-state index contributed by atoms with van der Waals surface area (Å²) in [5.41, 5.74) is 3.45. The van der Waals surface area contributed by atoms with E-state index in [9.17, 15) is 19.5 Å². The van der Waals surface area contributed by atoms with Gasteiger partial charge in [0.25, 0.3) is 11.8 Å². The highest BCUT2D eigenvalue weighted by Crippen LogP contribution is 2.29. The molecule has 0 bridgehead atoms. The molecule has 1 aliphatic rings. The van der Waals surface area contributed by atoms with Crippen molar-refractivity contribution in [1.29, 1.82) is 0 Å². The predicted octanol–water partition coefficient (Wildman–Crippen LogP) is 4.36. The first-order valence-electron chi connectivity index (χ1n) is 8.59. The summed E-state index contributed by atoms with van der Waals surface area (Å²) in [5, 5.41) is 10.5. The molecule has 0 atom stereocenters. The van der Waals surface area contributed by atoms with Crippen LogP contribution in [-0.4, -0.2) is 22.9 Å². The van der Waals surface area contributed by atoms with E-state index in [4.69, 9.17) is 16.0 Å². The summed E-state index contributed by atoms with van der Waals surface area (Å²) in [6.07, 6.45) is 1.35. The zero-order valence-corrected chi connectivity index (χ0v) is 18.0. The minimum atomic E-state index is -1.15. The number of amides is 2. The molecule has 2 heterocycles. The molecule has 4 rings (SSSR count). The maximum Gasteiger partial charge on any atom is 0.337 e. The minimum absolute atomic E-state index is 0.0519. The largest absolute Gasteiger partial charge is 0.478 e. The number of furan rings is 1. The third-order valence-corrected chi connectivity index (χ3v) is 5.42. The number of nitrogens with one attached hydrogen (secondary N) is 1. The molecule has 9 heteroatoms. The Morgan fingerprint density at radius 3 is 2.53 bits per heavy atom. The fraction of sp³-hybridized carbons (Fsp3) is 0. The molecule has 0 unspecified atom stereocenters. The number of hydrogen-bond donors (Lipinski definition) is 2. The summed E-state index contributed by atoms with van der Waals surface area (Å²) in [4.78, 5) is 36.3. The number of anilines is 1. The number of nitrogens with zero attached hydrogens (tertiary/aromatic N) is 1. The highest BCUT2D eigenvalue weighted by Gasteiger charge is 2.34. The number of hydrazine groups is 1. The van der Waals surface area contributed by atoms with E-state index in [1.54, 1.807) is 30.3 Å². The molecule has 1 aliphatic heterocycles. The van der Waals surface area contributed by atoms with Crippen molar-refractivity contribution in [2.24, 2.45) is 0 Å². The van der Waals surface area contributed by atoms with Gasteiger partial charge in [0, 0.05) is 9.13 Å². The topological polar surface area (TPSA) is 99.9 Å². The summed E-state index contributed by atoms with van der Waals surface area (Å²) in [6.45, 7) is 0. The smallest absolute Gasteiger partial charge is 0.337 e. The molecular formula is C21H12ClIN2O5. The SMILES string of the molecule is O=C1NN(c2ccc(I)cc2)C(=O)C1=Cc1ccc(-c2ccc(Cl)c(C(=O)O)c2)o1. The lowest BCUT2D eigenvalue weighted by Crippen LogP contribution is -2.35. The first-order chi connectivity index (χ1) is 14.3. The maximum absolute atomic E-state index is 12.7. The number of aromatic carboxylic acids is 1. The van der Waals surface area contributed by atoms with Gasteiger partial charge in [0.2, 0.25) is 0 Å². The van der Waals surface area contributed by atoms with Crippen LogP contribution in [0.1, 0.15) is 16.1 Å². The van der Waals surface area contributed by atoms with E-state index in [1.165, 1.54) is 23.2 Å². The van der Waals surface area contributed by atoms with Gasteiger partial charge in [-0.15, -0.1) is 0 Å². The fourth-order valence-corrected chi connectivity index (χ4v) is 3.46. The molecule has 1 aromatic heterocycles. The van der Waals surface area contributed by atoms with Crippen molar-refractivity contribution in [3.05, 3.63) is 80.1 Å². The van der Waals surface area contributed by atoms with Crippen LogP contribution in [0.25, 0.3) is 17.4 Å². The van der Waals surface area contributed by atoms with E-state index < -0.39 is 17.8 Å². The normalized spacial score (nSPS) is 15.0. The van der Waals surface area contributed by atoms with Crippen LogP contribution >= 0.6 is 34.2 Å². The maximum atomic E-state index is 12.7. The lowest BCUT2D eigenvalue weighted by Gasteiger charge is -2.14. The second kappa shape index (κ2) is 7.96. The second-order valence-electron chi connectivity index (χ2n) is 6.32. The Kier molecular flexibility index (Phi) is 5.35. The number of carboxylic acids is 1. The predicted molar refractivity (Wildman–Crippen MR) is 119 cm³/mol. The van der Waals surface area contributed by atoms with Crippen molar-refractivity contribution in [1.82, 2.24) is 5.43 Å². The molecule has 2 aromatic carbocycles. The van der Waals surface area contributed by atoms with Crippen LogP contribution in [0, 0.1) is 3.57 Å². The Bertz CT molecular complexity index is 1220. The molecule has 2 amide bonds. The number of carbonyl (C=O) groups excluding carboxylic acids is 2. The standard InChI is InChI=1S/C21H12ClIN2O5/c22-17-7-1-11(9-15(17)21(28)29)18-8-6-14(30-18)10-16-19(26)24-25(20(16)27)13-4-2-12(23)3-5-13/h1-10H,(H,24,26)(H,28,29). The number of carbonyl (C=O) groups is 3. The van der Waals surface area contributed by atoms with Gasteiger partial charge in [-0.2, -0.15) is 0 Å². The van der Waals surface area contributed by atoms with Crippen LogP contribution in [0.3, 0.4) is 0 Å². The van der Waals surface area contributed by atoms with Crippen molar-refractivity contribution < 1.29 is 23.9 Å². The van der Waals surface area contributed by atoms with Crippen molar-refractivity contribution in [3.63, 3.8) is 0 Å². The molecule has 30 heavy (non-hydrogen) atoms. The number of carboxylic acid groups (broad SMARTS) is 1. The van der Waals surface area contributed by atoms with Crippen molar-refractivity contribution in [2.75, 3.05) is 5.01 Å². The summed E-state index contributed by atoms with van der Waals surface area (Å²) < 4.78 is 6.70. The Morgan fingerprint density at radius 2 is 1.83 bits per heavy atom. The monoisotopic (exact) mass is 534 g/mol. The number of benzene rings is 2. The Labute approximate surface area is 189 Å². The third kappa shape index (κ3) is 3.83. The molecule has 150 valence electrons. The first kappa shape index (κ1) is 20.2. The van der Waals surface area contributed by atoms with Crippen molar-refractivity contribution in [2.45, 2.75) is 0 Å². The van der Waals surface area contributed by atoms with Crippen molar-refractivity contribution in [3.8, 4) is 11.3 Å². The Hall–Kier alpha value is -3.11. The minimum Gasteiger partial charge on any atom is -0.478 e. The molecule has 0 spiro atoms. The van der Waals surface area contributed by atoms with Gasteiger partial charge < -0.3 is 9.52 Å². The zero-order chi connectivity index (χ0) is 21.4. The van der Waals surface area contributed by atoms with E-state index in [-0.39, 0.29) is 21.9 Å². The number of halogens is 2. The zero-order valence-electron chi connectivity index (χ0n) is 15.1. The highest BCUT2D eigenvalue weighted by atomic mass is 127. The van der Waals surface area contributed by atoms with E-state index >= 15 is 0 Å². The lowest BCUT2D eigenvalue weighted by molar-refractivity contribution is -0.117. The summed E-state index contributed by atoms with van der Waals surface area (Å²) in [5.74, 6) is -1.55. The van der Waals surface area contributed by atoms with Crippen LogP contribution < -0.4 is 10.4 Å². The van der Waals surface area contributed by atoms with Gasteiger partial charge in [0.05, 0.1) is 16.3 Å². The highest BCUT2D eigenvalue weighted by molar-refractivity contribution is 14.1. The molecular weight excluding hydrogens is 523 g/mol. The van der Waals surface area contributed by atoms with E-state index in [2.05, 4.69) is 28.0 Å². The molecule has 0 radical (unpaired) electrons. The molecule has 0 saturated carbocycles. The van der Waals surface area contributed by atoms with Crippen LogP contribution in [0.15, 0.2) is 64.6 Å². The number of rotatable bonds is 4. The van der Waals surface area contributed by atoms with Crippen molar-refractivity contribution >= 4 is 63.7 Å². The van der Waals surface area contributed by atoms with E-state index in [1.807, 2.05) is 12.1 Å². The van der Waals surface area contributed by atoms with Crippen LogP contribution in [0.5, 0.6) is 0 Å². The number of hydrogen-bond acceptors (Lipinski definition) is 4. The second-order valence-corrected chi connectivity index (χ2v) is 7.97. The first-order valence-corrected chi connectivity index (χ1v) is 10.0. The lowest BCUT2D eigenvalue weighted by atomic mass is 10.1. The molecule has 1 fully saturated rings. The summed E-state index contributed by atoms with van der Waals surface area (Å²) in [6, 6.07) is 14.8. The average molecular weight is 535 g/mol. The summed E-state index contributed by atoms with van der Waals surface area (Å²) in [7, 11) is 0. The van der Waals surface area contributed by atoms with Gasteiger partial charge in [0.15, 0.2) is 0 Å². The van der Waals surface area contributed by atoms with Gasteiger partial charge in [-0.25, -0.2) is 9.80 Å². The van der Waals surface area contributed by atoms with Gasteiger partial charge in [-0.1, -0.05) is 11.6 Å². The quantitative estimate of drug-likeness (QED) is 0.294. The van der Waals surface area contributed by atoms with Gasteiger partial charge in [-0.3, -0.25) is 15.0 Å². The molecule has 2 N–H and O–H groups in total. The van der Waals surface area contributed by atoms with Gasteiger partial charge in [0.1, 0.15) is 17.1 Å². The van der Waals surface area contributed by atoms with Crippen LogP contribution in [0.4, 0.5) is 5.69 Å². The third-order valence-electron chi connectivity index (χ3n) is 4.37. The van der Waals surface area contributed by atoms with Crippen LogP contribution in [-0.2, 0) is 9.59 Å². The van der Waals surface area contributed by atoms with Gasteiger partial charge >= 0.3 is 5.97 Å². The molecule has 1 saturated heterocycles. The average Bonchev–Trinajstić information content (AvgIpc) is 3.29. The summed E-state index contributed by atoms with van der Waals surface area (Å²) >= 11 is 8.04. The molecule has 7 nitrogen and oxygen atoms in total. The van der Waals surface area contributed by atoms with Gasteiger partial charge in [-0.05, 0) is 83.3 Å². The molecule has 3 aromatic rings. The van der Waals surface area contributed by atoms with E-state index in [0.29, 0.717) is 17.0 Å². The fourth-order valence-electron chi connectivity index (χ4n) is 2.90. The molecule has 0 aliphatic carbocycles. The van der Waals surface area contributed by atoms with Crippen LogP contribution in [0.2, 0.25) is 5.02 Å². The Morgan fingerprint density at radius 1 is 1.10 bits per heavy atom. The van der Waals surface area contributed by atoms with E-state index in [0.717, 1.165) is 3.57 Å².